The molecule has 1 aliphatic carbocycles. The summed E-state index contributed by atoms with van der Waals surface area (Å²) in [6, 6.07) is 1.96. The van der Waals surface area contributed by atoms with Crippen molar-refractivity contribution in [2.45, 2.75) is 89.1 Å². The first-order chi connectivity index (χ1) is 18.1. The number of piperazine rings is 1. The van der Waals surface area contributed by atoms with Crippen LogP contribution in [0, 0.1) is 11.3 Å². The van der Waals surface area contributed by atoms with Gasteiger partial charge in [-0.2, -0.15) is 13.2 Å². The van der Waals surface area contributed by atoms with E-state index >= 15 is 0 Å². The molecule has 1 N–H and O–H groups in total. The minimum Gasteiger partial charge on any atom is -0.379 e. The van der Waals surface area contributed by atoms with Crippen LogP contribution < -0.4 is 10.2 Å². The minimum atomic E-state index is -4.58. The SMILES string of the molecule is CO[C@@H]1COCC[C@@H]1N[C@@H]1CC[C@@](C(=O)N2C[C@@H]3C[C@H]2CN3c2cc(C(F)(F)F)cc(CF)n2)(C(C)C)C1. The van der Waals surface area contributed by atoms with E-state index in [-0.39, 0.29) is 53.6 Å². The van der Waals surface area contributed by atoms with E-state index in [0.717, 1.165) is 37.8 Å². The molecule has 1 amide bonds. The fourth-order valence-electron chi connectivity index (χ4n) is 7.05. The lowest BCUT2D eigenvalue weighted by Crippen LogP contribution is -2.55. The van der Waals surface area contributed by atoms with Gasteiger partial charge in [-0.3, -0.25) is 4.79 Å². The molecule has 0 spiro atoms. The maximum Gasteiger partial charge on any atom is 0.416 e. The number of carbonyl (C=O) groups is 1. The fraction of sp³-hybridized carbons (Fsp3) is 0.778. The monoisotopic (exact) mass is 542 g/mol. The number of rotatable bonds is 7. The van der Waals surface area contributed by atoms with Crippen LogP contribution in [0.4, 0.5) is 23.4 Å². The van der Waals surface area contributed by atoms with Gasteiger partial charge in [0.15, 0.2) is 0 Å². The zero-order valence-electron chi connectivity index (χ0n) is 22.3. The maximum absolute atomic E-state index is 14.1. The van der Waals surface area contributed by atoms with E-state index < -0.39 is 23.8 Å². The van der Waals surface area contributed by atoms with Crippen molar-refractivity contribution in [1.29, 1.82) is 0 Å². The Hall–Kier alpha value is -1.98. The topological polar surface area (TPSA) is 66.9 Å². The molecule has 0 radical (unpaired) electrons. The number of pyridine rings is 1. The molecule has 7 nitrogen and oxygen atoms in total. The Kier molecular flexibility index (Phi) is 7.65. The van der Waals surface area contributed by atoms with Crippen LogP contribution in [0.1, 0.15) is 57.2 Å². The second-order valence-corrected chi connectivity index (χ2v) is 11.7. The van der Waals surface area contributed by atoms with Gasteiger partial charge in [0.25, 0.3) is 0 Å². The highest BCUT2D eigenvalue weighted by Crippen LogP contribution is 2.48. The predicted molar refractivity (Wildman–Crippen MR) is 133 cm³/mol. The van der Waals surface area contributed by atoms with Crippen LogP contribution in [0.5, 0.6) is 0 Å². The van der Waals surface area contributed by atoms with Crippen LogP contribution in [0.15, 0.2) is 12.1 Å². The lowest BCUT2D eigenvalue weighted by atomic mass is 9.74. The Morgan fingerprint density at radius 2 is 2.05 bits per heavy atom. The van der Waals surface area contributed by atoms with E-state index in [1.165, 1.54) is 0 Å². The highest BCUT2D eigenvalue weighted by Gasteiger charge is 2.55. The zero-order chi connectivity index (χ0) is 27.2. The number of alkyl halides is 4. The number of anilines is 1. The van der Waals surface area contributed by atoms with Crippen molar-refractivity contribution in [2.24, 2.45) is 11.3 Å². The summed E-state index contributed by atoms with van der Waals surface area (Å²) in [6.45, 7) is 5.27. The predicted octanol–water partition coefficient (Wildman–Crippen LogP) is 3.95. The second kappa shape index (κ2) is 10.5. The van der Waals surface area contributed by atoms with E-state index in [4.69, 9.17) is 9.47 Å². The van der Waals surface area contributed by atoms with E-state index in [1.807, 2.05) is 9.80 Å². The van der Waals surface area contributed by atoms with E-state index in [1.54, 1.807) is 7.11 Å². The van der Waals surface area contributed by atoms with Gasteiger partial charge < -0.3 is 24.6 Å². The number of methoxy groups -OCH3 is 1. The number of hydrogen-bond donors (Lipinski definition) is 1. The smallest absolute Gasteiger partial charge is 0.379 e. The number of likely N-dealkylation sites (tertiary alicyclic amines) is 1. The molecule has 3 aliphatic heterocycles. The van der Waals surface area contributed by atoms with Gasteiger partial charge in [-0.15, -0.1) is 0 Å². The molecule has 11 heteroatoms. The molecule has 38 heavy (non-hydrogen) atoms. The minimum absolute atomic E-state index is 0.00355. The highest BCUT2D eigenvalue weighted by molar-refractivity contribution is 5.84. The van der Waals surface area contributed by atoms with Gasteiger partial charge in [-0.1, -0.05) is 13.8 Å². The number of aromatic nitrogens is 1. The maximum atomic E-state index is 14.1. The lowest BCUT2D eigenvalue weighted by molar-refractivity contribution is -0.146. The van der Waals surface area contributed by atoms with Crippen LogP contribution in [0.25, 0.3) is 0 Å². The third-order valence-electron chi connectivity index (χ3n) is 9.26. The number of amides is 1. The molecule has 212 valence electrons. The summed E-state index contributed by atoms with van der Waals surface area (Å²) in [5.41, 5.74) is -1.60. The average Bonchev–Trinajstić information content (AvgIpc) is 3.63. The third-order valence-corrected chi connectivity index (χ3v) is 9.26. The van der Waals surface area contributed by atoms with Crippen molar-refractivity contribution in [3.8, 4) is 0 Å². The number of nitrogens with zero attached hydrogens (tertiary/aromatic N) is 3. The molecule has 4 aliphatic rings. The number of fused-ring (bicyclic) bond motifs is 2. The summed E-state index contributed by atoms with van der Waals surface area (Å²) >= 11 is 0. The number of nitrogens with one attached hydrogen (secondary N) is 1. The largest absolute Gasteiger partial charge is 0.416 e. The molecule has 1 aromatic rings. The zero-order valence-corrected chi connectivity index (χ0v) is 22.3. The molecule has 0 unspecified atom stereocenters. The van der Waals surface area contributed by atoms with E-state index in [2.05, 4.69) is 24.1 Å². The summed E-state index contributed by atoms with van der Waals surface area (Å²) in [6.07, 6.45) is -0.562. The molecular formula is C27H38F4N4O3. The lowest BCUT2D eigenvalue weighted by Gasteiger charge is -2.42. The molecule has 0 aromatic carbocycles. The third kappa shape index (κ3) is 5.01. The summed E-state index contributed by atoms with van der Waals surface area (Å²) in [5.74, 6) is 0.447. The number of ether oxygens (including phenoxy) is 2. The van der Waals surface area contributed by atoms with Gasteiger partial charge in [-0.25, -0.2) is 9.37 Å². The highest BCUT2D eigenvalue weighted by atomic mass is 19.4. The first-order valence-electron chi connectivity index (χ1n) is 13.6. The summed E-state index contributed by atoms with van der Waals surface area (Å²) in [5, 5.41) is 3.75. The standard InChI is InChI=1S/C27H38F4N4O3/c1-16(2)26(6-4-18(11-26)32-22-5-7-38-15-23(22)37-3)25(36)35-14-20-10-21(35)13-34(20)24-9-17(27(29,30)31)8-19(12-28)33-24/h8-9,16,18,20-23,32H,4-7,10-15H2,1-3H3/t18-,20+,21+,22+,23-,26+/m1/s1. The average molecular weight is 543 g/mol. The van der Waals surface area contributed by atoms with Gasteiger partial charge in [-0.05, 0) is 50.2 Å². The quantitative estimate of drug-likeness (QED) is 0.527. The van der Waals surface area contributed by atoms with Crippen LogP contribution in [-0.2, 0) is 27.1 Å². The van der Waals surface area contributed by atoms with E-state index in [9.17, 15) is 22.4 Å². The number of hydrogen-bond acceptors (Lipinski definition) is 6. The van der Waals surface area contributed by atoms with Crippen LogP contribution in [0.3, 0.4) is 0 Å². The van der Waals surface area contributed by atoms with Crippen LogP contribution in [-0.4, -0.2) is 79.5 Å². The van der Waals surface area contributed by atoms with Crippen molar-refractivity contribution < 1.29 is 31.8 Å². The molecular weight excluding hydrogens is 504 g/mol. The summed E-state index contributed by atoms with van der Waals surface area (Å²) in [7, 11) is 1.70. The van der Waals surface area contributed by atoms with Crippen molar-refractivity contribution in [3.63, 3.8) is 0 Å². The first-order valence-corrected chi connectivity index (χ1v) is 13.6. The molecule has 1 aromatic heterocycles. The van der Waals surface area contributed by atoms with Gasteiger partial charge in [0.2, 0.25) is 5.91 Å². The molecule has 5 rings (SSSR count). The van der Waals surface area contributed by atoms with E-state index in [0.29, 0.717) is 32.7 Å². The molecule has 1 saturated carbocycles. The van der Waals surface area contributed by atoms with Crippen LogP contribution >= 0.6 is 0 Å². The van der Waals surface area contributed by atoms with Crippen molar-refractivity contribution in [1.82, 2.24) is 15.2 Å². The van der Waals surface area contributed by atoms with Gasteiger partial charge in [0.1, 0.15) is 12.5 Å². The Bertz CT molecular complexity index is 1020. The second-order valence-electron chi connectivity index (χ2n) is 11.7. The molecule has 4 fully saturated rings. The van der Waals surface area contributed by atoms with Crippen molar-refractivity contribution in [2.75, 3.05) is 38.3 Å². The Morgan fingerprint density at radius 1 is 1.26 bits per heavy atom. The van der Waals surface area contributed by atoms with Crippen molar-refractivity contribution >= 4 is 11.7 Å². The van der Waals surface area contributed by atoms with Gasteiger partial charge >= 0.3 is 6.18 Å². The first kappa shape index (κ1) is 27.6. The summed E-state index contributed by atoms with van der Waals surface area (Å²) < 4.78 is 64.7. The number of carbonyl (C=O) groups excluding carboxylic acids is 1. The summed E-state index contributed by atoms with van der Waals surface area (Å²) in [4.78, 5) is 22.0. The number of halogens is 4. The van der Waals surface area contributed by atoms with Gasteiger partial charge in [0.05, 0.1) is 41.5 Å². The van der Waals surface area contributed by atoms with Crippen LogP contribution in [0.2, 0.25) is 0 Å². The Labute approximate surface area is 221 Å². The molecule has 3 saturated heterocycles. The fourth-order valence-corrected chi connectivity index (χ4v) is 7.05. The molecule has 4 heterocycles. The normalized spacial score (nSPS) is 33.5. The molecule has 6 atom stereocenters. The van der Waals surface area contributed by atoms with Gasteiger partial charge in [0, 0.05) is 38.9 Å². The molecule has 2 bridgehead atoms. The Morgan fingerprint density at radius 3 is 2.68 bits per heavy atom. The van der Waals surface area contributed by atoms with Crippen molar-refractivity contribution in [3.05, 3.63) is 23.4 Å². The Balaban J connectivity index is 1.28.